The molecule has 2 atom stereocenters. The molecule has 53 heavy (non-hydrogen) atoms. The van der Waals surface area contributed by atoms with E-state index in [1.54, 1.807) is 37.4 Å². The number of hydrogen-bond acceptors (Lipinski definition) is 5. The molecule has 1 aromatic heterocycles. The smallest absolute Gasteiger partial charge is 0.308 e. The van der Waals surface area contributed by atoms with Crippen molar-refractivity contribution in [2.75, 3.05) is 27.2 Å². The number of pyridine rings is 1. The zero-order valence-electron chi connectivity index (χ0n) is 31.8. The monoisotopic (exact) mass is 727 g/mol. The van der Waals surface area contributed by atoms with Crippen LogP contribution < -0.4 is 10.9 Å². The second kappa shape index (κ2) is 18.1. The number of likely N-dealkylation sites (N-methyl/N-ethyl adjacent to an activating group) is 1. The summed E-state index contributed by atoms with van der Waals surface area (Å²) in [6.45, 7) is 12.1. The number of halogens is 2. The molecule has 284 valence electrons. The van der Waals surface area contributed by atoms with Gasteiger partial charge in [-0.3, -0.25) is 14.4 Å². The fourth-order valence-electron chi connectivity index (χ4n) is 7.36. The van der Waals surface area contributed by atoms with Crippen molar-refractivity contribution in [2.45, 2.75) is 108 Å². The minimum atomic E-state index is -1.10. The van der Waals surface area contributed by atoms with E-state index in [2.05, 4.69) is 23.4 Å². The number of hydrogen-bond donors (Lipinski definition) is 1. The Morgan fingerprint density at radius 2 is 1.70 bits per heavy atom. The number of ether oxygens (including phenoxy) is 1. The van der Waals surface area contributed by atoms with Crippen molar-refractivity contribution in [2.24, 2.45) is 0 Å². The highest BCUT2D eigenvalue weighted by atomic mass is 19.1. The number of carbonyl (C=O) groups excluding carboxylic acids is 2. The molecule has 9 heteroatoms. The van der Waals surface area contributed by atoms with Gasteiger partial charge >= 0.3 is 5.97 Å². The number of amides is 1. The van der Waals surface area contributed by atoms with Crippen molar-refractivity contribution >= 4 is 11.9 Å². The van der Waals surface area contributed by atoms with Gasteiger partial charge in [-0.05, 0) is 167 Å². The third-order valence-corrected chi connectivity index (χ3v) is 10.4. The third kappa shape index (κ3) is 10.2. The van der Waals surface area contributed by atoms with Gasteiger partial charge in [0.25, 0.3) is 5.56 Å². The molecule has 2 aliphatic rings. The molecule has 1 amide bonds. The normalized spacial score (nSPS) is 15.2. The lowest BCUT2D eigenvalue weighted by Gasteiger charge is -2.26. The van der Waals surface area contributed by atoms with Gasteiger partial charge in [0.1, 0.15) is 17.7 Å². The Bertz CT molecular complexity index is 1870. The summed E-state index contributed by atoms with van der Waals surface area (Å²) in [6.07, 6.45) is 12.7. The Hall–Kier alpha value is -4.37. The average Bonchev–Trinajstić information content (AvgIpc) is 4.03. The molecule has 0 bridgehead atoms. The molecule has 0 saturated heterocycles. The van der Waals surface area contributed by atoms with Crippen LogP contribution >= 0.6 is 0 Å². The molecule has 1 N–H and O–H groups in total. The first-order valence-corrected chi connectivity index (χ1v) is 19.2. The molecule has 5 rings (SSSR count). The summed E-state index contributed by atoms with van der Waals surface area (Å²) in [4.78, 5) is 43.2. The van der Waals surface area contributed by atoms with Gasteiger partial charge in [0.15, 0.2) is 0 Å². The number of unbranched alkanes of at least 4 members (excludes halogenated alkanes) is 2. The van der Waals surface area contributed by atoms with Gasteiger partial charge in [-0.15, -0.1) is 13.2 Å². The molecule has 0 spiro atoms. The van der Waals surface area contributed by atoms with E-state index in [1.807, 2.05) is 33.2 Å². The van der Waals surface area contributed by atoms with Crippen LogP contribution in [0.15, 0.2) is 66.6 Å². The maximum atomic E-state index is 16.8. The minimum absolute atomic E-state index is 0.00195. The number of benzene rings is 2. The van der Waals surface area contributed by atoms with Crippen molar-refractivity contribution in [3.8, 4) is 11.1 Å². The van der Waals surface area contributed by atoms with Crippen molar-refractivity contribution in [3.05, 3.63) is 117 Å². The highest BCUT2D eigenvalue weighted by Gasteiger charge is 2.34. The van der Waals surface area contributed by atoms with E-state index < -0.39 is 29.8 Å². The summed E-state index contributed by atoms with van der Waals surface area (Å²) in [5.74, 6) is -1.58. The van der Waals surface area contributed by atoms with Crippen molar-refractivity contribution in [3.63, 3.8) is 0 Å². The molecule has 2 saturated carbocycles. The zero-order valence-corrected chi connectivity index (χ0v) is 31.8. The van der Waals surface area contributed by atoms with Gasteiger partial charge in [0.05, 0.1) is 19.1 Å². The third-order valence-electron chi connectivity index (χ3n) is 10.4. The quantitative estimate of drug-likeness (QED) is 0.0715. The molecule has 2 aromatic carbocycles. The Labute approximate surface area is 313 Å². The molecule has 2 aliphatic carbocycles. The molecule has 0 unspecified atom stereocenters. The van der Waals surface area contributed by atoms with E-state index in [0.717, 1.165) is 79.3 Å². The number of carbonyl (C=O) groups is 2. The van der Waals surface area contributed by atoms with Crippen LogP contribution in [-0.2, 0) is 27.2 Å². The summed E-state index contributed by atoms with van der Waals surface area (Å²) in [5.41, 5.74) is 5.52. The number of nitrogens with one attached hydrogen (secondary N) is 1. The van der Waals surface area contributed by atoms with Gasteiger partial charge in [0, 0.05) is 24.4 Å². The first kappa shape index (κ1) is 39.8. The van der Waals surface area contributed by atoms with Crippen LogP contribution in [0.5, 0.6) is 0 Å². The topological polar surface area (TPSA) is 80.6 Å². The Kier molecular flexibility index (Phi) is 13.6. The van der Waals surface area contributed by atoms with Gasteiger partial charge in [-0.25, -0.2) is 8.78 Å². The molecule has 3 aromatic rings. The standard InChI is InChI=1S/C44H55F2N3O4/c1-7-10-11-12-14-31-22-34(45)21-28(4)42(31)33-23-36(30-17-18-30)43(46)37(24-33)38(26-41(51)53-9-3)47-44(52)39(13-8-2)49-27-32(19-20-48(5)6)35(25-40(49)50)29-15-16-29/h7-8,21-25,27,29-30,38-39H,1-2,9-20,26H2,3-6H3,(H,47,52)/t38-,39-/m0/s1. The van der Waals surface area contributed by atoms with Crippen LogP contribution in [0.3, 0.4) is 0 Å². The zero-order chi connectivity index (χ0) is 38.2. The van der Waals surface area contributed by atoms with E-state index >= 15 is 4.39 Å². The molecular formula is C44H55F2N3O4. The van der Waals surface area contributed by atoms with Gasteiger partial charge < -0.3 is 19.5 Å². The van der Waals surface area contributed by atoms with E-state index in [4.69, 9.17) is 4.74 Å². The summed E-state index contributed by atoms with van der Waals surface area (Å²) in [7, 11) is 3.99. The van der Waals surface area contributed by atoms with Gasteiger partial charge in [-0.2, -0.15) is 0 Å². The molecule has 7 nitrogen and oxygen atoms in total. The van der Waals surface area contributed by atoms with Crippen LogP contribution in [0, 0.1) is 18.6 Å². The summed E-state index contributed by atoms with van der Waals surface area (Å²) >= 11 is 0. The largest absolute Gasteiger partial charge is 0.466 e. The molecule has 1 heterocycles. The number of allylic oxidation sites excluding steroid dienone is 2. The molecule has 0 radical (unpaired) electrons. The van der Waals surface area contributed by atoms with Crippen molar-refractivity contribution < 1.29 is 23.1 Å². The van der Waals surface area contributed by atoms with Crippen molar-refractivity contribution in [1.29, 1.82) is 0 Å². The number of nitrogens with zero attached hydrogens (tertiary/aromatic N) is 2. The van der Waals surface area contributed by atoms with Crippen molar-refractivity contribution in [1.82, 2.24) is 14.8 Å². The second-order valence-corrected chi connectivity index (χ2v) is 15.0. The SMILES string of the molecule is C=CCCCCc1cc(F)cc(C)c1-c1cc(C2CC2)c(F)c([C@H](CC(=O)OCC)NC(=O)[C@H](CC=C)n2cc(CCN(C)C)c(C3CC3)cc2=O)c1. The number of aryl methyl sites for hydroxylation is 2. The van der Waals surface area contributed by atoms with E-state index in [9.17, 15) is 18.8 Å². The molecular weight excluding hydrogens is 672 g/mol. The van der Waals surface area contributed by atoms with E-state index in [1.165, 1.54) is 10.6 Å². The summed E-state index contributed by atoms with van der Waals surface area (Å²) < 4.78 is 38.3. The lowest BCUT2D eigenvalue weighted by Crippen LogP contribution is -2.40. The Morgan fingerprint density at radius 3 is 2.34 bits per heavy atom. The van der Waals surface area contributed by atoms with Crippen LogP contribution in [-0.4, -0.2) is 48.6 Å². The first-order valence-electron chi connectivity index (χ1n) is 19.2. The highest BCUT2D eigenvalue weighted by molar-refractivity contribution is 5.82. The van der Waals surface area contributed by atoms with Crippen LogP contribution in [0.4, 0.5) is 8.78 Å². The fourth-order valence-corrected chi connectivity index (χ4v) is 7.36. The lowest BCUT2D eigenvalue weighted by molar-refractivity contribution is -0.144. The minimum Gasteiger partial charge on any atom is -0.466 e. The van der Waals surface area contributed by atoms with Gasteiger partial charge in [-0.1, -0.05) is 12.2 Å². The highest BCUT2D eigenvalue weighted by Crippen LogP contribution is 2.45. The van der Waals surface area contributed by atoms with Gasteiger partial charge in [0.2, 0.25) is 5.91 Å². The predicted octanol–water partition coefficient (Wildman–Crippen LogP) is 8.79. The Morgan fingerprint density at radius 1 is 0.981 bits per heavy atom. The lowest BCUT2D eigenvalue weighted by atomic mass is 9.87. The summed E-state index contributed by atoms with van der Waals surface area (Å²) in [6, 6.07) is 6.16. The predicted molar refractivity (Wildman–Crippen MR) is 207 cm³/mol. The number of aromatic nitrogens is 1. The number of rotatable bonds is 20. The maximum absolute atomic E-state index is 16.8. The second-order valence-electron chi connectivity index (χ2n) is 15.0. The van der Waals surface area contributed by atoms with Crippen LogP contribution in [0.25, 0.3) is 11.1 Å². The number of esters is 1. The van der Waals surface area contributed by atoms with Crippen LogP contribution in [0.2, 0.25) is 0 Å². The Balaban J connectivity index is 1.58. The molecule has 0 aliphatic heterocycles. The summed E-state index contributed by atoms with van der Waals surface area (Å²) in [5, 5.41) is 2.98. The van der Waals surface area contributed by atoms with E-state index in [0.29, 0.717) is 29.9 Å². The molecule has 2 fully saturated rings. The average molecular weight is 728 g/mol. The van der Waals surface area contributed by atoms with E-state index in [-0.39, 0.29) is 42.3 Å². The first-order chi connectivity index (χ1) is 25.4. The fraction of sp³-hybridized carbons (Fsp3) is 0.477. The van der Waals surface area contributed by atoms with Crippen LogP contribution in [0.1, 0.15) is 122 Å². The maximum Gasteiger partial charge on any atom is 0.308 e.